The van der Waals surface area contributed by atoms with Crippen LogP contribution in [-0.2, 0) is 13.2 Å². The van der Waals surface area contributed by atoms with Gasteiger partial charge in [0, 0.05) is 17.0 Å². The van der Waals surface area contributed by atoms with Crippen molar-refractivity contribution in [1.29, 1.82) is 0 Å². The van der Waals surface area contributed by atoms with Crippen LogP contribution in [0.4, 0.5) is 0 Å². The van der Waals surface area contributed by atoms with Gasteiger partial charge < -0.3 is 10.5 Å². The number of hydrogen-bond donors (Lipinski definition) is 1. The van der Waals surface area contributed by atoms with E-state index in [1.54, 1.807) is 17.5 Å². The lowest BCUT2D eigenvalue weighted by molar-refractivity contribution is 0.290. The fourth-order valence-electron chi connectivity index (χ4n) is 1.16. The van der Waals surface area contributed by atoms with Crippen LogP contribution in [-0.4, -0.2) is 10.2 Å². The highest BCUT2D eigenvalue weighted by Crippen LogP contribution is 2.16. The van der Waals surface area contributed by atoms with Crippen molar-refractivity contribution >= 4 is 11.3 Å². The minimum Gasteiger partial charge on any atom is -0.471 e. The Morgan fingerprint density at radius 3 is 3.07 bits per heavy atom. The number of hydrogen-bond acceptors (Lipinski definition) is 5. The zero-order valence-corrected chi connectivity index (χ0v) is 8.91. The quantitative estimate of drug-likeness (QED) is 0.851. The largest absolute Gasteiger partial charge is 0.471 e. The first-order valence-corrected chi connectivity index (χ1v) is 5.44. The molecule has 2 heterocycles. The summed E-state index contributed by atoms with van der Waals surface area (Å²) in [4.78, 5) is 1.16. The van der Waals surface area contributed by atoms with Gasteiger partial charge in [-0.15, -0.1) is 16.4 Å². The Bertz CT molecular complexity index is 416. The number of nitrogens with zero attached hydrogens (tertiary/aromatic N) is 2. The number of rotatable bonds is 4. The Morgan fingerprint density at radius 2 is 2.33 bits per heavy atom. The van der Waals surface area contributed by atoms with Gasteiger partial charge in [0.15, 0.2) is 0 Å². The number of thiophene rings is 1. The lowest BCUT2D eigenvalue weighted by Crippen LogP contribution is -2.04. The van der Waals surface area contributed by atoms with Crippen LogP contribution in [0, 0.1) is 0 Å². The summed E-state index contributed by atoms with van der Waals surface area (Å²) in [5, 5.41) is 9.68. The molecule has 2 N–H and O–H groups in total. The first kappa shape index (κ1) is 10.1. The number of aromatic nitrogens is 2. The van der Waals surface area contributed by atoms with E-state index < -0.39 is 0 Å². The zero-order chi connectivity index (χ0) is 10.5. The van der Waals surface area contributed by atoms with E-state index in [1.165, 1.54) is 0 Å². The molecule has 0 aliphatic rings. The molecule has 0 unspecified atom stereocenters. The van der Waals surface area contributed by atoms with Crippen LogP contribution >= 0.6 is 11.3 Å². The SMILES string of the molecule is NCc1ccnnc1OCc1cccs1. The third-order valence-electron chi connectivity index (χ3n) is 1.92. The topological polar surface area (TPSA) is 61.0 Å². The van der Waals surface area contributed by atoms with Gasteiger partial charge in [0.05, 0.1) is 6.20 Å². The predicted molar refractivity (Wildman–Crippen MR) is 58.6 cm³/mol. The van der Waals surface area contributed by atoms with Gasteiger partial charge in [-0.3, -0.25) is 0 Å². The average molecular weight is 221 g/mol. The van der Waals surface area contributed by atoms with Crippen LogP contribution in [0.3, 0.4) is 0 Å². The van der Waals surface area contributed by atoms with Crippen molar-refractivity contribution in [2.45, 2.75) is 13.2 Å². The van der Waals surface area contributed by atoms with E-state index in [4.69, 9.17) is 10.5 Å². The molecule has 0 bridgehead atoms. The van der Waals surface area contributed by atoms with Gasteiger partial charge in [-0.2, -0.15) is 5.10 Å². The molecular weight excluding hydrogens is 210 g/mol. The van der Waals surface area contributed by atoms with Gasteiger partial charge in [-0.25, -0.2) is 0 Å². The molecule has 4 nitrogen and oxygen atoms in total. The van der Waals surface area contributed by atoms with Crippen molar-refractivity contribution in [3.63, 3.8) is 0 Å². The molecule has 0 atom stereocenters. The summed E-state index contributed by atoms with van der Waals surface area (Å²) in [5.41, 5.74) is 6.43. The van der Waals surface area contributed by atoms with Gasteiger partial charge in [-0.05, 0) is 17.5 Å². The molecule has 0 fully saturated rings. The summed E-state index contributed by atoms with van der Waals surface area (Å²) in [6.45, 7) is 0.929. The first-order chi connectivity index (χ1) is 7.40. The van der Waals surface area contributed by atoms with Crippen molar-refractivity contribution < 1.29 is 4.74 Å². The van der Waals surface area contributed by atoms with Crippen LogP contribution in [0.25, 0.3) is 0 Å². The van der Waals surface area contributed by atoms with E-state index >= 15 is 0 Å². The molecule has 2 rings (SSSR count). The molecule has 0 radical (unpaired) electrons. The highest BCUT2D eigenvalue weighted by molar-refractivity contribution is 7.09. The Hall–Kier alpha value is -1.46. The summed E-state index contributed by atoms with van der Waals surface area (Å²) in [6, 6.07) is 5.82. The lowest BCUT2D eigenvalue weighted by Gasteiger charge is -2.06. The fourth-order valence-corrected chi connectivity index (χ4v) is 1.77. The minimum absolute atomic E-state index is 0.412. The molecule has 0 spiro atoms. The van der Waals surface area contributed by atoms with E-state index in [0.717, 1.165) is 10.4 Å². The molecule has 2 aromatic heterocycles. The van der Waals surface area contributed by atoms with Gasteiger partial charge in [0.2, 0.25) is 5.88 Å². The van der Waals surface area contributed by atoms with Crippen molar-refractivity contribution in [2.24, 2.45) is 5.73 Å². The van der Waals surface area contributed by atoms with E-state index in [-0.39, 0.29) is 0 Å². The van der Waals surface area contributed by atoms with Gasteiger partial charge >= 0.3 is 0 Å². The highest BCUT2D eigenvalue weighted by atomic mass is 32.1. The third-order valence-corrected chi connectivity index (χ3v) is 2.77. The van der Waals surface area contributed by atoms with Crippen LogP contribution in [0.1, 0.15) is 10.4 Å². The molecule has 0 aromatic carbocycles. The summed E-state index contributed by atoms with van der Waals surface area (Å²) >= 11 is 1.65. The summed E-state index contributed by atoms with van der Waals surface area (Å²) in [6.07, 6.45) is 1.61. The fraction of sp³-hybridized carbons (Fsp3) is 0.200. The molecule has 0 aliphatic carbocycles. The van der Waals surface area contributed by atoms with Crippen LogP contribution in [0.15, 0.2) is 29.8 Å². The van der Waals surface area contributed by atoms with Crippen molar-refractivity contribution in [3.8, 4) is 5.88 Å². The van der Waals surface area contributed by atoms with Gasteiger partial charge in [-0.1, -0.05) is 6.07 Å². The van der Waals surface area contributed by atoms with Crippen LogP contribution < -0.4 is 10.5 Å². The zero-order valence-electron chi connectivity index (χ0n) is 8.09. The first-order valence-electron chi connectivity index (χ1n) is 4.56. The average Bonchev–Trinajstić information content (AvgIpc) is 2.79. The predicted octanol–water partition coefficient (Wildman–Crippen LogP) is 1.58. The Balaban J connectivity index is 2.04. The second kappa shape index (κ2) is 4.86. The highest BCUT2D eigenvalue weighted by Gasteiger charge is 2.04. The van der Waals surface area contributed by atoms with Crippen molar-refractivity contribution in [3.05, 3.63) is 40.2 Å². The van der Waals surface area contributed by atoms with E-state index in [9.17, 15) is 0 Å². The molecule has 0 saturated carbocycles. The second-order valence-electron chi connectivity index (χ2n) is 2.93. The van der Waals surface area contributed by atoms with Gasteiger partial charge in [0.1, 0.15) is 6.61 Å². The van der Waals surface area contributed by atoms with E-state index in [1.807, 2.05) is 23.6 Å². The standard InChI is InChI=1S/C10H11N3OS/c11-6-8-3-4-12-13-10(8)14-7-9-2-1-5-15-9/h1-5H,6-7,11H2. The van der Waals surface area contributed by atoms with Crippen molar-refractivity contribution in [2.75, 3.05) is 0 Å². The van der Waals surface area contributed by atoms with E-state index in [2.05, 4.69) is 10.2 Å². The molecule has 0 aliphatic heterocycles. The minimum atomic E-state index is 0.412. The summed E-state index contributed by atoms with van der Waals surface area (Å²) in [7, 11) is 0. The van der Waals surface area contributed by atoms with E-state index in [0.29, 0.717) is 19.0 Å². The lowest BCUT2D eigenvalue weighted by atomic mass is 10.3. The summed E-state index contributed by atoms with van der Waals surface area (Å²) in [5.74, 6) is 0.522. The molecule has 0 saturated heterocycles. The molecule has 2 aromatic rings. The summed E-state index contributed by atoms with van der Waals surface area (Å²) < 4.78 is 5.53. The third kappa shape index (κ3) is 2.51. The maximum Gasteiger partial charge on any atom is 0.238 e. The smallest absolute Gasteiger partial charge is 0.238 e. The molecular formula is C10H11N3OS. The van der Waals surface area contributed by atoms with Gasteiger partial charge in [0.25, 0.3) is 0 Å². The molecule has 5 heteroatoms. The normalized spacial score (nSPS) is 10.2. The van der Waals surface area contributed by atoms with Crippen molar-refractivity contribution in [1.82, 2.24) is 10.2 Å². The number of nitrogens with two attached hydrogens (primary N) is 1. The Morgan fingerprint density at radius 1 is 1.40 bits per heavy atom. The number of ether oxygens (including phenoxy) is 1. The Kier molecular flexibility index (Phi) is 3.26. The maximum atomic E-state index is 5.55. The molecule has 0 amide bonds. The maximum absolute atomic E-state index is 5.55. The van der Waals surface area contributed by atoms with Crippen LogP contribution in [0.2, 0.25) is 0 Å². The monoisotopic (exact) mass is 221 g/mol. The Labute approximate surface area is 91.7 Å². The van der Waals surface area contributed by atoms with Crippen LogP contribution in [0.5, 0.6) is 5.88 Å². The second-order valence-corrected chi connectivity index (χ2v) is 3.97. The molecule has 15 heavy (non-hydrogen) atoms. The molecule has 78 valence electrons.